The minimum atomic E-state index is 0.0606. The van der Waals surface area contributed by atoms with E-state index in [2.05, 4.69) is 27.5 Å². The van der Waals surface area contributed by atoms with Gasteiger partial charge >= 0.3 is 0 Å². The predicted octanol–water partition coefficient (Wildman–Crippen LogP) is 1.43. The van der Waals surface area contributed by atoms with Crippen molar-refractivity contribution in [2.75, 3.05) is 18.4 Å². The largest absolute Gasteiger partial charge is 0.474 e. The van der Waals surface area contributed by atoms with Crippen LogP contribution in [0.3, 0.4) is 0 Å². The molecule has 1 aromatic rings. The second-order valence-electron chi connectivity index (χ2n) is 5.02. The van der Waals surface area contributed by atoms with Crippen LogP contribution < -0.4 is 15.4 Å². The van der Waals surface area contributed by atoms with Gasteiger partial charge in [-0.2, -0.15) is 4.98 Å². The first-order valence-electron chi connectivity index (χ1n) is 6.05. The third-order valence-corrected chi connectivity index (χ3v) is 2.77. The van der Waals surface area contributed by atoms with Gasteiger partial charge in [-0.1, -0.05) is 0 Å². The van der Waals surface area contributed by atoms with Crippen LogP contribution >= 0.6 is 0 Å². The Morgan fingerprint density at radius 1 is 1.47 bits per heavy atom. The van der Waals surface area contributed by atoms with Gasteiger partial charge in [-0.05, 0) is 33.7 Å². The van der Waals surface area contributed by atoms with Crippen LogP contribution in [-0.2, 0) is 0 Å². The van der Waals surface area contributed by atoms with E-state index >= 15 is 0 Å². The van der Waals surface area contributed by atoms with Crippen LogP contribution in [0.25, 0.3) is 0 Å². The monoisotopic (exact) mass is 236 g/mol. The molecule has 1 aliphatic heterocycles. The Kier molecular flexibility index (Phi) is 3.47. The Labute approximate surface area is 102 Å². The van der Waals surface area contributed by atoms with Crippen molar-refractivity contribution in [3.05, 3.63) is 12.4 Å². The molecule has 0 aromatic carbocycles. The third kappa shape index (κ3) is 3.30. The summed E-state index contributed by atoms with van der Waals surface area (Å²) in [5, 5.41) is 6.75. The molecule has 1 aliphatic rings. The summed E-state index contributed by atoms with van der Waals surface area (Å²) in [5.74, 6) is 1.34. The van der Waals surface area contributed by atoms with Gasteiger partial charge in [0, 0.05) is 12.1 Å². The summed E-state index contributed by atoms with van der Waals surface area (Å²) in [5.41, 5.74) is 0.0606. The molecule has 0 spiro atoms. The van der Waals surface area contributed by atoms with Crippen LogP contribution in [0.1, 0.15) is 27.2 Å². The minimum absolute atomic E-state index is 0.0606. The molecule has 5 heteroatoms. The zero-order valence-electron chi connectivity index (χ0n) is 10.7. The van der Waals surface area contributed by atoms with E-state index in [0.717, 1.165) is 25.3 Å². The molecule has 1 saturated heterocycles. The maximum atomic E-state index is 5.52. The molecule has 2 heterocycles. The van der Waals surface area contributed by atoms with Gasteiger partial charge in [0.25, 0.3) is 0 Å². The zero-order chi connectivity index (χ0) is 12.3. The number of rotatable bonds is 4. The smallest absolute Gasteiger partial charge is 0.234 e. The highest BCUT2D eigenvalue weighted by atomic mass is 16.5. The van der Waals surface area contributed by atoms with Crippen LogP contribution in [-0.4, -0.2) is 34.7 Å². The molecule has 5 nitrogen and oxygen atoms in total. The summed E-state index contributed by atoms with van der Waals surface area (Å²) >= 11 is 0. The maximum Gasteiger partial charge on any atom is 0.234 e. The lowest BCUT2D eigenvalue weighted by molar-refractivity contribution is 0.232. The van der Waals surface area contributed by atoms with Gasteiger partial charge in [-0.25, -0.2) is 0 Å². The van der Waals surface area contributed by atoms with Crippen molar-refractivity contribution in [1.29, 1.82) is 0 Å². The molecule has 2 rings (SSSR count). The van der Waals surface area contributed by atoms with Crippen molar-refractivity contribution in [3.8, 4) is 5.88 Å². The quantitative estimate of drug-likeness (QED) is 0.828. The van der Waals surface area contributed by atoms with E-state index < -0.39 is 0 Å². The molecule has 0 bridgehead atoms. The molecule has 0 saturated carbocycles. The summed E-state index contributed by atoms with van der Waals surface area (Å²) in [6.07, 6.45) is 4.57. The van der Waals surface area contributed by atoms with E-state index in [1.807, 2.05) is 13.8 Å². The van der Waals surface area contributed by atoms with E-state index in [1.165, 1.54) is 0 Å². The average molecular weight is 236 g/mol. The second kappa shape index (κ2) is 4.87. The highest BCUT2D eigenvalue weighted by Crippen LogP contribution is 2.20. The number of hydrogen-bond donors (Lipinski definition) is 2. The second-order valence-corrected chi connectivity index (χ2v) is 5.02. The van der Waals surface area contributed by atoms with Crippen LogP contribution in [0.5, 0.6) is 5.88 Å². The van der Waals surface area contributed by atoms with Crippen molar-refractivity contribution < 1.29 is 4.74 Å². The van der Waals surface area contributed by atoms with Gasteiger partial charge < -0.3 is 15.4 Å². The first kappa shape index (κ1) is 12.1. The summed E-state index contributed by atoms with van der Waals surface area (Å²) in [7, 11) is 0. The van der Waals surface area contributed by atoms with Crippen molar-refractivity contribution in [2.45, 2.75) is 38.8 Å². The fourth-order valence-corrected chi connectivity index (χ4v) is 1.94. The van der Waals surface area contributed by atoms with E-state index in [-0.39, 0.29) is 11.6 Å². The van der Waals surface area contributed by atoms with Crippen molar-refractivity contribution in [2.24, 2.45) is 0 Å². The van der Waals surface area contributed by atoms with E-state index in [9.17, 15) is 0 Å². The highest BCUT2D eigenvalue weighted by molar-refractivity contribution is 5.37. The molecule has 94 valence electrons. The lowest BCUT2D eigenvalue weighted by Gasteiger charge is -2.25. The standard InChI is InChI=1S/C12H20N4O/c1-9(2)17-11-7-14-6-10(15-11)16-12(3)4-5-13-8-12/h6-7,9,13H,4-5,8H2,1-3H3,(H,15,16). The van der Waals surface area contributed by atoms with Gasteiger partial charge in [-0.3, -0.25) is 4.98 Å². The Balaban J connectivity index is 2.05. The Hall–Kier alpha value is -1.36. The predicted molar refractivity (Wildman–Crippen MR) is 67.3 cm³/mol. The fourth-order valence-electron chi connectivity index (χ4n) is 1.94. The number of hydrogen-bond acceptors (Lipinski definition) is 5. The Bertz CT molecular complexity index is 375. The zero-order valence-corrected chi connectivity index (χ0v) is 10.7. The number of nitrogens with one attached hydrogen (secondary N) is 2. The molecule has 1 aromatic heterocycles. The van der Waals surface area contributed by atoms with Crippen LogP contribution in [0.2, 0.25) is 0 Å². The molecular formula is C12H20N4O. The molecule has 17 heavy (non-hydrogen) atoms. The molecule has 1 atom stereocenters. The van der Waals surface area contributed by atoms with E-state index in [0.29, 0.717) is 5.88 Å². The maximum absolute atomic E-state index is 5.52. The van der Waals surface area contributed by atoms with Crippen LogP contribution in [0, 0.1) is 0 Å². The number of nitrogens with zero attached hydrogens (tertiary/aromatic N) is 2. The molecule has 0 amide bonds. The third-order valence-electron chi connectivity index (χ3n) is 2.77. The first-order chi connectivity index (χ1) is 8.07. The molecule has 0 radical (unpaired) electrons. The van der Waals surface area contributed by atoms with Crippen molar-refractivity contribution >= 4 is 5.82 Å². The topological polar surface area (TPSA) is 59.1 Å². The van der Waals surface area contributed by atoms with Crippen LogP contribution in [0.4, 0.5) is 5.82 Å². The van der Waals surface area contributed by atoms with Gasteiger partial charge in [0.1, 0.15) is 5.82 Å². The number of ether oxygens (including phenoxy) is 1. The lowest BCUT2D eigenvalue weighted by Crippen LogP contribution is -2.37. The minimum Gasteiger partial charge on any atom is -0.474 e. The van der Waals surface area contributed by atoms with E-state index in [4.69, 9.17) is 4.74 Å². The molecule has 0 aliphatic carbocycles. The van der Waals surface area contributed by atoms with Gasteiger partial charge in [-0.15, -0.1) is 0 Å². The number of aromatic nitrogens is 2. The Morgan fingerprint density at radius 3 is 2.94 bits per heavy atom. The van der Waals surface area contributed by atoms with Gasteiger partial charge in [0.15, 0.2) is 0 Å². The molecule has 1 fully saturated rings. The van der Waals surface area contributed by atoms with Crippen molar-refractivity contribution in [3.63, 3.8) is 0 Å². The summed E-state index contributed by atoms with van der Waals surface area (Å²) < 4.78 is 5.52. The summed E-state index contributed by atoms with van der Waals surface area (Å²) in [4.78, 5) is 8.54. The van der Waals surface area contributed by atoms with Crippen LogP contribution in [0.15, 0.2) is 12.4 Å². The van der Waals surface area contributed by atoms with Gasteiger partial charge in [0.05, 0.1) is 18.5 Å². The lowest BCUT2D eigenvalue weighted by atomic mass is 10.0. The van der Waals surface area contributed by atoms with Gasteiger partial charge in [0.2, 0.25) is 5.88 Å². The SMILES string of the molecule is CC(C)Oc1cncc(NC2(C)CCNC2)n1. The normalized spacial score (nSPS) is 24.0. The Morgan fingerprint density at radius 2 is 2.29 bits per heavy atom. The molecule has 2 N–H and O–H groups in total. The average Bonchev–Trinajstić information content (AvgIpc) is 2.64. The summed E-state index contributed by atoms with van der Waals surface area (Å²) in [6.45, 7) is 8.13. The molecular weight excluding hydrogens is 216 g/mol. The number of anilines is 1. The highest BCUT2D eigenvalue weighted by Gasteiger charge is 2.28. The first-order valence-corrected chi connectivity index (χ1v) is 6.05. The fraction of sp³-hybridized carbons (Fsp3) is 0.667. The van der Waals surface area contributed by atoms with E-state index in [1.54, 1.807) is 12.4 Å². The molecule has 1 unspecified atom stereocenters. The van der Waals surface area contributed by atoms with Crippen molar-refractivity contribution in [1.82, 2.24) is 15.3 Å². The summed E-state index contributed by atoms with van der Waals surface area (Å²) in [6, 6.07) is 0.